The Morgan fingerprint density at radius 2 is 1.65 bits per heavy atom. The molecule has 104 valence electrons. The normalized spacial score (nSPS) is 23.7. The summed E-state index contributed by atoms with van der Waals surface area (Å²) in [6.45, 7) is 0. The molecular weight excluding hydrogens is 280 g/mol. The minimum absolute atomic E-state index is 0.675. The number of hydrogen-bond donors (Lipinski definition) is 0. The van der Waals surface area contributed by atoms with Crippen molar-refractivity contribution in [1.82, 2.24) is 0 Å². The molecule has 0 radical (unpaired) electrons. The minimum atomic E-state index is -4.94. The molecule has 0 saturated heterocycles. The molecule has 1 aromatic carbocycles. The lowest BCUT2D eigenvalue weighted by atomic mass is 10.0. The van der Waals surface area contributed by atoms with Crippen molar-refractivity contribution in [2.24, 2.45) is 0 Å². The van der Waals surface area contributed by atoms with Gasteiger partial charge in [-0.05, 0) is 5.56 Å². The van der Waals surface area contributed by atoms with E-state index in [-0.39, 0.29) is 0 Å². The van der Waals surface area contributed by atoms with Gasteiger partial charge < -0.3 is 0 Å². The van der Waals surface area contributed by atoms with E-state index in [1.165, 1.54) is 17.6 Å². The maximum Gasteiger partial charge on any atom is 0.0955 e. The first-order chi connectivity index (χ1) is 9.45. The Morgan fingerprint density at radius 1 is 1.00 bits per heavy atom. The van der Waals surface area contributed by atoms with Gasteiger partial charge in [0.15, 0.2) is 0 Å². The van der Waals surface area contributed by atoms with Gasteiger partial charge in [0.05, 0.1) is 11.5 Å². The third-order valence-corrected chi connectivity index (χ3v) is 3.03. The van der Waals surface area contributed by atoms with Crippen molar-refractivity contribution in [3.63, 3.8) is 0 Å². The SMILES string of the molecule is C1=C[CH+]/C(=C2/CC2c2ccccc2)C=C1.[O-][Cl+3]([O-])([O-])[O-]. The summed E-state index contributed by atoms with van der Waals surface area (Å²) in [5.74, 6) is 0.675. The molecule has 1 aromatic rings. The summed E-state index contributed by atoms with van der Waals surface area (Å²) in [7, 11) is -4.94. The number of benzene rings is 1. The van der Waals surface area contributed by atoms with Crippen LogP contribution in [0.25, 0.3) is 0 Å². The van der Waals surface area contributed by atoms with Crippen LogP contribution in [0.3, 0.4) is 0 Å². The molecule has 0 spiro atoms. The topological polar surface area (TPSA) is 92.2 Å². The average Bonchev–Trinajstić information content (AvgIpc) is 3.19. The molecule has 1 unspecified atom stereocenters. The monoisotopic (exact) mass is 292 g/mol. The predicted octanol–water partition coefficient (Wildman–Crippen LogP) is -0.955. The molecule has 0 aliphatic heterocycles. The van der Waals surface area contributed by atoms with E-state index in [4.69, 9.17) is 18.6 Å². The molecule has 1 fully saturated rings. The molecule has 0 N–H and O–H groups in total. The van der Waals surface area contributed by atoms with Crippen LogP contribution in [0, 0.1) is 16.7 Å². The van der Waals surface area contributed by atoms with E-state index in [2.05, 4.69) is 61.1 Å². The highest BCUT2D eigenvalue weighted by Gasteiger charge is 2.38. The average molecular weight is 293 g/mol. The van der Waals surface area contributed by atoms with Crippen molar-refractivity contribution < 1.29 is 28.9 Å². The number of hydrogen-bond acceptors (Lipinski definition) is 4. The Labute approximate surface area is 119 Å². The Balaban J connectivity index is 0.000000257. The van der Waals surface area contributed by atoms with Gasteiger partial charge >= 0.3 is 0 Å². The van der Waals surface area contributed by atoms with E-state index in [1.807, 2.05) is 0 Å². The lowest BCUT2D eigenvalue weighted by Crippen LogP contribution is -2.68. The zero-order valence-corrected chi connectivity index (χ0v) is 11.3. The van der Waals surface area contributed by atoms with E-state index in [1.54, 1.807) is 5.57 Å². The largest absolute Gasteiger partial charge is 0.222 e. The summed E-state index contributed by atoms with van der Waals surface area (Å²) >= 11 is 0. The van der Waals surface area contributed by atoms with Crippen molar-refractivity contribution >= 4 is 0 Å². The van der Waals surface area contributed by atoms with Crippen LogP contribution < -0.4 is 18.6 Å². The van der Waals surface area contributed by atoms with E-state index >= 15 is 0 Å². The number of rotatable bonds is 1. The Morgan fingerprint density at radius 3 is 2.20 bits per heavy atom. The van der Waals surface area contributed by atoms with E-state index < -0.39 is 10.2 Å². The van der Waals surface area contributed by atoms with Crippen LogP contribution in [0.5, 0.6) is 0 Å². The van der Waals surface area contributed by atoms with Gasteiger partial charge in [0.2, 0.25) is 0 Å². The van der Waals surface area contributed by atoms with Gasteiger partial charge in [-0.2, -0.15) is 0 Å². The van der Waals surface area contributed by atoms with Crippen LogP contribution in [-0.2, 0) is 0 Å². The highest BCUT2D eigenvalue weighted by atomic mass is 35.7. The lowest BCUT2D eigenvalue weighted by molar-refractivity contribution is -2.00. The second-order valence-corrected chi connectivity index (χ2v) is 5.19. The van der Waals surface area contributed by atoms with Crippen molar-refractivity contribution in [2.75, 3.05) is 0 Å². The van der Waals surface area contributed by atoms with Gasteiger partial charge in [-0.3, -0.25) is 0 Å². The van der Waals surface area contributed by atoms with Crippen LogP contribution in [0.15, 0.2) is 65.8 Å². The third-order valence-electron chi connectivity index (χ3n) is 3.03. The second-order valence-electron chi connectivity index (χ2n) is 4.44. The Hall–Kier alpha value is -1.56. The van der Waals surface area contributed by atoms with Gasteiger partial charge in [-0.15, -0.1) is 10.2 Å². The summed E-state index contributed by atoms with van der Waals surface area (Å²) in [4.78, 5) is 0. The molecule has 3 rings (SSSR count). The highest BCUT2D eigenvalue weighted by Crippen LogP contribution is 2.49. The molecule has 5 heteroatoms. The van der Waals surface area contributed by atoms with E-state index in [9.17, 15) is 0 Å². The van der Waals surface area contributed by atoms with Gasteiger partial charge in [-0.1, -0.05) is 30.3 Å². The quantitative estimate of drug-likeness (QED) is 0.624. The second kappa shape index (κ2) is 6.26. The Bertz CT molecular complexity index is 535. The summed E-state index contributed by atoms with van der Waals surface area (Å²) in [5.41, 5.74) is 4.45. The number of allylic oxidation sites excluding steroid dienone is 6. The molecule has 20 heavy (non-hydrogen) atoms. The molecule has 0 amide bonds. The van der Waals surface area contributed by atoms with Gasteiger partial charge in [-0.25, -0.2) is 18.6 Å². The summed E-state index contributed by atoms with van der Waals surface area (Å²) < 4.78 is 34.0. The number of halogens is 1. The summed E-state index contributed by atoms with van der Waals surface area (Å²) in [5, 5.41) is 0. The molecule has 2 aliphatic rings. The van der Waals surface area contributed by atoms with Gasteiger partial charge in [0.1, 0.15) is 0 Å². The Kier molecular flexibility index (Phi) is 4.65. The molecule has 0 bridgehead atoms. The zero-order valence-electron chi connectivity index (χ0n) is 10.6. The van der Waals surface area contributed by atoms with Gasteiger partial charge in [0.25, 0.3) is 0 Å². The first-order valence-corrected chi connectivity index (χ1v) is 7.26. The first kappa shape index (κ1) is 14.8. The van der Waals surface area contributed by atoms with Crippen LogP contribution in [-0.4, -0.2) is 0 Å². The first-order valence-electron chi connectivity index (χ1n) is 6.03. The molecule has 4 nitrogen and oxygen atoms in total. The van der Waals surface area contributed by atoms with E-state index in [0.29, 0.717) is 5.92 Å². The summed E-state index contributed by atoms with van der Waals surface area (Å²) in [6.07, 6.45) is 11.9. The maximum absolute atomic E-state index is 8.49. The third kappa shape index (κ3) is 4.85. The lowest BCUT2D eigenvalue weighted by Gasteiger charge is -2.17. The fourth-order valence-electron chi connectivity index (χ4n) is 2.14. The maximum atomic E-state index is 8.49. The zero-order chi connectivity index (χ0) is 14.6. The predicted molar refractivity (Wildman–Crippen MR) is 63.4 cm³/mol. The smallest absolute Gasteiger partial charge is 0.0955 e. The minimum Gasteiger partial charge on any atom is -0.222 e. The molecule has 1 atom stereocenters. The molecule has 2 aliphatic carbocycles. The van der Waals surface area contributed by atoms with Crippen molar-refractivity contribution in [3.8, 4) is 0 Å². The van der Waals surface area contributed by atoms with Crippen LogP contribution in [0.2, 0.25) is 0 Å². The summed E-state index contributed by atoms with van der Waals surface area (Å²) in [6, 6.07) is 10.8. The van der Waals surface area contributed by atoms with Gasteiger partial charge in [0, 0.05) is 42.7 Å². The van der Waals surface area contributed by atoms with Crippen molar-refractivity contribution in [1.29, 1.82) is 0 Å². The highest BCUT2D eigenvalue weighted by molar-refractivity contribution is 5.53. The van der Waals surface area contributed by atoms with Crippen LogP contribution in [0.1, 0.15) is 17.9 Å². The fraction of sp³-hybridized carbons (Fsp3) is 0.133. The van der Waals surface area contributed by atoms with Crippen molar-refractivity contribution in [2.45, 2.75) is 12.3 Å². The molecule has 0 heterocycles. The fourth-order valence-corrected chi connectivity index (χ4v) is 2.14. The van der Waals surface area contributed by atoms with E-state index in [0.717, 1.165) is 0 Å². The standard InChI is InChI=1S/C15H13.ClHO4/c1-3-7-12(8-4-1)14-11-15(14)13-9-5-2-6-10-13;2-1(3,4)5/h1-10,14H,11H2;(H,2,3,4,5)/q+1;/p-1. The molecule has 0 aromatic heterocycles. The van der Waals surface area contributed by atoms with Crippen LogP contribution in [0.4, 0.5) is 0 Å². The molecule has 1 saturated carbocycles. The van der Waals surface area contributed by atoms with Crippen LogP contribution >= 0.6 is 0 Å². The molecular formula is C15H13ClO4. The van der Waals surface area contributed by atoms with Crippen molar-refractivity contribution in [3.05, 3.63) is 77.8 Å².